The fourth-order valence-corrected chi connectivity index (χ4v) is 4.28. The monoisotopic (exact) mass is 379 g/mol. The fourth-order valence-electron chi connectivity index (χ4n) is 3.95. The summed E-state index contributed by atoms with van der Waals surface area (Å²) in [6.45, 7) is 7.62. The molecule has 0 aromatic carbocycles. The molecule has 7 heteroatoms. The van der Waals surface area contributed by atoms with Crippen LogP contribution in [-0.2, 0) is 19.4 Å². The minimum Gasteiger partial charge on any atom is -0.335 e. The highest BCUT2D eigenvalue weighted by Crippen LogP contribution is 2.26. The molecule has 1 aliphatic heterocycles. The molecule has 2 aliphatic rings. The van der Waals surface area contributed by atoms with E-state index in [9.17, 15) is 4.79 Å². The van der Waals surface area contributed by atoms with Crippen LogP contribution in [0.5, 0.6) is 0 Å². The van der Waals surface area contributed by atoms with E-state index >= 15 is 0 Å². The molecule has 3 rings (SSSR count). The van der Waals surface area contributed by atoms with E-state index in [1.54, 1.807) is 0 Å². The summed E-state index contributed by atoms with van der Waals surface area (Å²) in [6, 6.07) is 0.466. The first-order valence-corrected chi connectivity index (χ1v) is 11.3. The zero-order chi connectivity index (χ0) is 18.5. The average Bonchev–Trinajstić information content (AvgIpc) is 3.00. The predicted octanol–water partition coefficient (Wildman–Crippen LogP) is 1.49. The quantitative estimate of drug-likeness (QED) is 0.728. The van der Waals surface area contributed by atoms with E-state index in [1.807, 2.05) is 16.7 Å². The van der Waals surface area contributed by atoms with Crippen LogP contribution in [0.3, 0.4) is 0 Å². The molecular formula is C19H33N5OS. The first-order chi connectivity index (χ1) is 12.6. The van der Waals surface area contributed by atoms with Gasteiger partial charge in [-0.3, -0.25) is 9.48 Å². The van der Waals surface area contributed by atoms with Gasteiger partial charge in [-0.2, -0.15) is 16.9 Å². The molecule has 0 radical (unpaired) electrons. The van der Waals surface area contributed by atoms with Gasteiger partial charge in [0.2, 0.25) is 0 Å². The van der Waals surface area contributed by atoms with Crippen LogP contribution in [-0.4, -0.2) is 83.3 Å². The Kier molecular flexibility index (Phi) is 7.00. The summed E-state index contributed by atoms with van der Waals surface area (Å²) < 4.78 is 2.11. The number of nitrogens with zero attached hydrogens (tertiary/aromatic N) is 4. The largest absolute Gasteiger partial charge is 0.335 e. The Morgan fingerprint density at radius 1 is 1.31 bits per heavy atom. The third kappa shape index (κ3) is 4.43. The molecule has 1 N–H and O–H groups in total. The van der Waals surface area contributed by atoms with Crippen molar-refractivity contribution in [2.24, 2.45) is 0 Å². The van der Waals surface area contributed by atoms with Crippen LogP contribution in [0.15, 0.2) is 0 Å². The topological polar surface area (TPSA) is 53.4 Å². The number of fused-ring (bicyclic) bond motifs is 1. The summed E-state index contributed by atoms with van der Waals surface area (Å²) in [5.41, 5.74) is 3.22. The highest BCUT2D eigenvalue weighted by atomic mass is 32.2. The van der Waals surface area contributed by atoms with Gasteiger partial charge in [0.1, 0.15) is 0 Å². The van der Waals surface area contributed by atoms with E-state index in [-0.39, 0.29) is 5.91 Å². The van der Waals surface area contributed by atoms with Gasteiger partial charge in [0.05, 0.1) is 0 Å². The minimum atomic E-state index is 0.133. The van der Waals surface area contributed by atoms with E-state index in [0.29, 0.717) is 6.04 Å². The Morgan fingerprint density at radius 2 is 2.08 bits per heavy atom. The van der Waals surface area contributed by atoms with E-state index < -0.39 is 0 Å². The Balaban J connectivity index is 1.78. The van der Waals surface area contributed by atoms with E-state index in [1.165, 1.54) is 11.3 Å². The maximum absolute atomic E-state index is 13.2. The van der Waals surface area contributed by atoms with Crippen LogP contribution < -0.4 is 5.32 Å². The van der Waals surface area contributed by atoms with Gasteiger partial charge >= 0.3 is 0 Å². The first kappa shape index (κ1) is 19.7. The van der Waals surface area contributed by atoms with Gasteiger partial charge in [0.25, 0.3) is 5.91 Å². The van der Waals surface area contributed by atoms with E-state index in [2.05, 4.69) is 35.1 Å². The van der Waals surface area contributed by atoms with Crippen molar-refractivity contribution in [1.82, 2.24) is 24.9 Å². The molecule has 1 saturated heterocycles. The molecule has 1 amide bonds. The molecule has 1 fully saturated rings. The van der Waals surface area contributed by atoms with Crippen LogP contribution in [0.1, 0.15) is 41.5 Å². The van der Waals surface area contributed by atoms with Crippen molar-refractivity contribution >= 4 is 17.7 Å². The number of aryl methyl sites for hydroxylation is 1. The normalized spacial score (nSPS) is 21.0. The molecule has 0 unspecified atom stereocenters. The smallest absolute Gasteiger partial charge is 0.274 e. The molecule has 6 nitrogen and oxygen atoms in total. The number of hydrogen-bond donors (Lipinski definition) is 1. The van der Waals surface area contributed by atoms with Gasteiger partial charge in [0, 0.05) is 62.3 Å². The molecule has 1 aliphatic carbocycles. The van der Waals surface area contributed by atoms with Crippen LogP contribution in [0.2, 0.25) is 0 Å². The first-order valence-electron chi connectivity index (χ1n) is 9.92. The van der Waals surface area contributed by atoms with Gasteiger partial charge in [-0.05, 0) is 39.0 Å². The second kappa shape index (κ2) is 9.24. The van der Waals surface area contributed by atoms with Gasteiger partial charge in [-0.15, -0.1) is 0 Å². The number of carbonyl (C=O) groups is 1. The SMILES string of the molecule is CCCn1nc(C(=O)N2CCN(C)CC2)c2c1CC[C@@H](NCCSC)C2. The summed E-state index contributed by atoms with van der Waals surface area (Å²) in [4.78, 5) is 17.4. The lowest BCUT2D eigenvalue weighted by Crippen LogP contribution is -2.47. The third-order valence-corrected chi connectivity index (χ3v) is 6.13. The Morgan fingerprint density at radius 3 is 2.77 bits per heavy atom. The summed E-state index contributed by atoms with van der Waals surface area (Å²) in [6.07, 6.45) is 6.28. The maximum Gasteiger partial charge on any atom is 0.274 e. The molecule has 0 saturated carbocycles. The molecule has 0 spiro atoms. The van der Waals surface area contributed by atoms with E-state index in [0.717, 1.165) is 76.4 Å². The van der Waals surface area contributed by atoms with Gasteiger partial charge in [-0.1, -0.05) is 6.92 Å². The molecule has 0 bridgehead atoms. The van der Waals surface area contributed by atoms with Crippen molar-refractivity contribution in [3.05, 3.63) is 17.0 Å². The third-order valence-electron chi connectivity index (χ3n) is 5.51. The minimum absolute atomic E-state index is 0.133. The van der Waals surface area contributed by atoms with Crippen molar-refractivity contribution in [1.29, 1.82) is 0 Å². The number of amides is 1. The number of likely N-dealkylation sites (N-methyl/N-ethyl adjacent to an activating group) is 1. The van der Waals surface area contributed by atoms with Crippen LogP contribution in [0, 0.1) is 0 Å². The number of carbonyl (C=O) groups excluding carboxylic acids is 1. The molecule has 146 valence electrons. The van der Waals surface area contributed by atoms with Crippen molar-refractivity contribution in [2.75, 3.05) is 51.8 Å². The van der Waals surface area contributed by atoms with Crippen molar-refractivity contribution in [3.63, 3.8) is 0 Å². The number of thioether (sulfide) groups is 1. The van der Waals surface area contributed by atoms with Gasteiger partial charge in [0.15, 0.2) is 5.69 Å². The van der Waals surface area contributed by atoms with Crippen molar-refractivity contribution in [3.8, 4) is 0 Å². The Labute approximate surface area is 161 Å². The molecular weight excluding hydrogens is 346 g/mol. The standard InChI is InChI=1S/C19H33N5OS/c1-4-8-24-17-6-5-15(20-7-13-26-3)14-16(17)18(21-24)19(25)23-11-9-22(2)10-12-23/h15,20H,4-14H2,1-3H3/t15-/m1/s1. The second-order valence-electron chi connectivity index (χ2n) is 7.48. The lowest BCUT2D eigenvalue weighted by atomic mass is 9.91. The molecule has 26 heavy (non-hydrogen) atoms. The number of hydrogen-bond acceptors (Lipinski definition) is 5. The van der Waals surface area contributed by atoms with Crippen LogP contribution in [0.4, 0.5) is 0 Å². The van der Waals surface area contributed by atoms with Crippen LogP contribution in [0.25, 0.3) is 0 Å². The summed E-state index contributed by atoms with van der Waals surface area (Å²) >= 11 is 1.87. The zero-order valence-corrected chi connectivity index (χ0v) is 17.3. The second-order valence-corrected chi connectivity index (χ2v) is 8.46. The van der Waals surface area contributed by atoms with E-state index in [4.69, 9.17) is 5.10 Å². The summed E-state index contributed by atoms with van der Waals surface area (Å²) in [7, 11) is 2.12. The van der Waals surface area contributed by atoms with Gasteiger partial charge < -0.3 is 15.1 Å². The number of piperazine rings is 1. The summed E-state index contributed by atoms with van der Waals surface area (Å²) in [5.74, 6) is 1.26. The number of nitrogens with one attached hydrogen (secondary N) is 1. The lowest BCUT2D eigenvalue weighted by molar-refractivity contribution is 0.0656. The highest BCUT2D eigenvalue weighted by Gasteiger charge is 2.31. The van der Waals surface area contributed by atoms with Crippen LogP contribution >= 0.6 is 11.8 Å². The predicted molar refractivity (Wildman–Crippen MR) is 108 cm³/mol. The molecule has 1 aromatic heterocycles. The molecule has 1 aromatic rings. The molecule has 1 atom stereocenters. The number of aromatic nitrogens is 2. The Bertz CT molecular complexity index is 609. The lowest BCUT2D eigenvalue weighted by Gasteiger charge is -2.32. The number of rotatable bonds is 7. The molecule has 2 heterocycles. The zero-order valence-electron chi connectivity index (χ0n) is 16.5. The van der Waals surface area contributed by atoms with Crippen molar-refractivity contribution < 1.29 is 4.79 Å². The summed E-state index contributed by atoms with van der Waals surface area (Å²) in [5, 5.41) is 8.45. The van der Waals surface area contributed by atoms with Crippen molar-refractivity contribution in [2.45, 2.75) is 45.2 Å². The average molecular weight is 380 g/mol. The Hall–Kier alpha value is -1.05. The fraction of sp³-hybridized carbons (Fsp3) is 0.789. The maximum atomic E-state index is 13.2. The van der Waals surface area contributed by atoms with Gasteiger partial charge in [-0.25, -0.2) is 0 Å². The highest BCUT2D eigenvalue weighted by molar-refractivity contribution is 7.98.